The fourth-order valence-corrected chi connectivity index (χ4v) is 2.87. The molecule has 0 aliphatic carbocycles. The summed E-state index contributed by atoms with van der Waals surface area (Å²) in [5.74, 6) is 1.39. The van der Waals surface area contributed by atoms with E-state index in [4.69, 9.17) is 32.7 Å². The molecule has 132 valence electrons. The molecule has 5 nitrogen and oxygen atoms in total. The molecule has 0 atom stereocenters. The SMILES string of the molecule is CC(C)(NC(=O)Nc1cc(Cl)ccc1Cl)c1ccc2c(c1)OCCO2. The number of ether oxygens (including phenoxy) is 2. The Hall–Kier alpha value is -2.11. The van der Waals surface area contributed by atoms with Crippen molar-refractivity contribution in [2.75, 3.05) is 18.5 Å². The molecule has 7 heteroatoms. The van der Waals surface area contributed by atoms with Crippen molar-refractivity contribution in [2.24, 2.45) is 0 Å². The predicted molar refractivity (Wildman–Crippen MR) is 99.1 cm³/mol. The van der Waals surface area contributed by atoms with E-state index < -0.39 is 5.54 Å². The van der Waals surface area contributed by atoms with Crippen LogP contribution < -0.4 is 20.1 Å². The minimum Gasteiger partial charge on any atom is -0.486 e. The van der Waals surface area contributed by atoms with E-state index in [0.29, 0.717) is 40.4 Å². The minimum atomic E-state index is -0.634. The molecule has 0 unspecified atom stereocenters. The molecule has 1 aliphatic heterocycles. The van der Waals surface area contributed by atoms with E-state index in [1.165, 1.54) is 0 Å². The fourth-order valence-electron chi connectivity index (χ4n) is 2.53. The Bertz CT molecular complexity index is 809. The lowest BCUT2D eigenvalue weighted by Gasteiger charge is -2.29. The minimum absolute atomic E-state index is 0.385. The van der Waals surface area contributed by atoms with Gasteiger partial charge in [0, 0.05) is 5.02 Å². The van der Waals surface area contributed by atoms with Crippen molar-refractivity contribution in [3.05, 3.63) is 52.0 Å². The van der Waals surface area contributed by atoms with Crippen LogP contribution >= 0.6 is 23.2 Å². The normalized spacial score (nSPS) is 13.3. The topological polar surface area (TPSA) is 59.6 Å². The number of carbonyl (C=O) groups is 1. The monoisotopic (exact) mass is 380 g/mol. The van der Waals surface area contributed by atoms with E-state index in [1.807, 2.05) is 32.0 Å². The Morgan fingerprint density at radius 1 is 1.04 bits per heavy atom. The maximum Gasteiger partial charge on any atom is 0.319 e. The van der Waals surface area contributed by atoms with Crippen molar-refractivity contribution >= 4 is 34.9 Å². The van der Waals surface area contributed by atoms with Crippen molar-refractivity contribution in [1.29, 1.82) is 0 Å². The van der Waals surface area contributed by atoms with E-state index in [2.05, 4.69) is 10.6 Å². The number of hydrogen-bond acceptors (Lipinski definition) is 3. The van der Waals surface area contributed by atoms with Gasteiger partial charge in [0.25, 0.3) is 0 Å². The van der Waals surface area contributed by atoms with E-state index in [1.54, 1.807) is 18.2 Å². The number of benzene rings is 2. The summed E-state index contributed by atoms with van der Waals surface area (Å²) in [5, 5.41) is 6.55. The first-order valence-electron chi connectivity index (χ1n) is 7.79. The second-order valence-electron chi connectivity index (χ2n) is 6.19. The number of fused-ring (bicyclic) bond motifs is 1. The molecule has 1 aliphatic rings. The first-order valence-corrected chi connectivity index (χ1v) is 8.55. The lowest BCUT2D eigenvalue weighted by atomic mass is 9.94. The summed E-state index contributed by atoms with van der Waals surface area (Å²) in [6.07, 6.45) is 0. The largest absolute Gasteiger partial charge is 0.486 e. The van der Waals surface area contributed by atoms with Crippen LogP contribution in [0.2, 0.25) is 10.0 Å². The number of urea groups is 1. The van der Waals surface area contributed by atoms with Gasteiger partial charge in [0.2, 0.25) is 0 Å². The number of halogens is 2. The van der Waals surface area contributed by atoms with Crippen LogP contribution in [-0.2, 0) is 5.54 Å². The molecular formula is C18H18Cl2N2O3. The molecule has 0 saturated heterocycles. The number of amides is 2. The lowest BCUT2D eigenvalue weighted by Crippen LogP contribution is -2.43. The van der Waals surface area contributed by atoms with Gasteiger partial charge in [0.1, 0.15) is 13.2 Å². The van der Waals surface area contributed by atoms with E-state index in [0.717, 1.165) is 5.56 Å². The Morgan fingerprint density at radius 2 is 1.76 bits per heavy atom. The van der Waals surface area contributed by atoms with Crippen molar-refractivity contribution in [3.8, 4) is 11.5 Å². The van der Waals surface area contributed by atoms with E-state index in [9.17, 15) is 4.79 Å². The number of carbonyl (C=O) groups excluding carboxylic acids is 1. The highest BCUT2D eigenvalue weighted by molar-refractivity contribution is 6.35. The summed E-state index contributed by atoms with van der Waals surface area (Å²) >= 11 is 12.0. The van der Waals surface area contributed by atoms with Gasteiger partial charge >= 0.3 is 6.03 Å². The van der Waals surface area contributed by atoms with Gasteiger partial charge in [0.05, 0.1) is 16.2 Å². The van der Waals surface area contributed by atoms with Gasteiger partial charge in [0.15, 0.2) is 11.5 Å². The molecular weight excluding hydrogens is 363 g/mol. The quantitative estimate of drug-likeness (QED) is 0.801. The molecule has 3 rings (SSSR count). The van der Waals surface area contributed by atoms with Gasteiger partial charge in [-0.1, -0.05) is 29.3 Å². The van der Waals surface area contributed by atoms with Crippen LogP contribution in [0.15, 0.2) is 36.4 Å². The molecule has 2 amide bonds. The zero-order chi connectivity index (χ0) is 18.0. The van der Waals surface area contributed by atoms with Crippen LogP contribution in [0.25, 0.3) is 0 Å². The second kappa shape index (κ2) is 7.02. The number of rotatable bonds is 3. The summed E-state index contributed by atoms with van der Waals surface area (Å²) in [6, 6.07) is 10.1. The summed E-state index contributed by atoms with van der Waals surface area (Å²) in [5.41, 5.74) is 0.707. The lowest BCUT2D eigenvalue weighted by molar-refractivity contribution is 0.171. The molecule has 0 fully saturated rings. The van der Waals surface area contributed by atoms with Gasteiger partial charge in [-0.3, -0.25) is 0 Å². The third kappa shape index (κ3) is 4.11. The Kier molecular flexibility index (Phi) is 4.97. The molecule has 1 heterocycles. The third-order valence-electron chi connectivity index (χ3n) is 3.87. The highest BCUT2D eigenvalue weighted by Gasteiger charge is 2.25. The Morgan fingerprint density at radius 3 is 2.52 bits per heavy atom. The first kappa shape index (κ1) is 17.7. The number of nitrogens with one attached hydrogen (secondary N) is 2. The van der Waals surface area contributed by atoms with Crippen LogP contribution in [0.3, 0.4) is 0 Å². The van der Waals surface area contributed by atoms with Gasteiger partial charge in [-0.15, -0.1) is 0 Å². The van der Waals surface area contributed by atoms with Gasteiger partial charge in [-0.25, -0.2) is 4.79 Å². The molecule has 25 heavy (non-hydrogen) atoms. The van der Waals surface area contributed by atoms with E-state index >= 15 is 0 Å². The fraction of sp³-hybridized carbons (Fsp3) is 0.278. The van der Waals surface area contributed by atoms with Crippen LogP contribution in [0.1, 0.15) is 19.4 Å². The molecule has 0 bridgehead atoms. The summed E-state index contributed by atoms with van der Waals surface area (Å²) in [6.45, 7) is 4.85. The molecule has 0 aromatic heterocycles. The molecule has 2 aromatic rings. The van der Waals surface area contributed by atoms with Crippen LogP contribution in [0.5, 0.6) is 11.5 Å². The smallest absolute Gasteiger partial charge is 0.319 e. The van der Waals surface area contributed by atoms with Crippen molar-refractivity contribution in [2.45, 2.75) is 19.4 Å². The standard InChI is InChI=1S/C18H18Cl2N2O3/c1-18(2,11-3-6-15-16(9-11)25-8-7-24-15)22-17(23)21-14-10-12(19)4-5-13(14)20/h3-6,9-10H,7-8H2,1-2H3,(H2,21,22,23). The highest BCUT2D eigenvalue weighted by atomic mass is 35.5. The van der Waals surface area contributed by atoms with Crippen molar-refractivity contribution in [1.82, 2.24) is 5.32 Å². The maximum absolute atomic E-state index is 12.4. The number of hydrogen-bond donors (Lipinski definition) is 2. The third-order valence-corrected chi connectivity index (χ3v) is 4.43. The summed E-state index contributed by atoms with van der Waals surface area (Å²) in [7, 11) is 0. The van der Waals surface area contributed by atoms with Gasteiger partial charge < -0.3 is 20.1 Å². The maximum atomic E-state index is 12.4. The predicted octanol–water partition coefficient (Wildman–Crippen LogP) is 4.82. The molecule has 0 saturated carbocycles. The summed E-state index contributed by atoms with van der Waals surface area (Å²) in [4.78, 5) is 12.4. The first-order chi connectivity index (χ1) is 11.8. The highest BCUT2D eigenvalue weighted by Crippen LogP contribution is 2.34. The van der Waals surface area contributed by atoms with E-state index in [-0.39, 0.29) is 6.03 Å². The summed E-state index contributed by atoms with van der Waals surface area (Å²) < 4.78 is 11.1. The second-order valence-corrected chi connectivity index (χ2v) is 7.03. The van der Waals surface area contributed by atoms with Crippen LogP contribution in [0, 0.1) is 0 Å². The van der Waals surface area contributed by atoms with Gasteiger partial charge in [-0.2, -0.15) is 0 Å². The number of anilines is 1. The zero-order valence-corrected chi connectivity index (χ0v) is 15.4. The Labute approximate surface area is 156 Å². The average molecular weight is 381 g/mol. The van der Waals surface area contributed by atoms with Crippen molar-refractivity contribution < 1.29 is 14.3 Å². The van der Waals surface area contributed by atoms with Crippen LogP contribution in [-0.4, -0.2) is 19.2 Å². The van der Waals surface area contributed by atoms with Crippen LogP contribution in [0.4, 0.5) is 10.5 Å². The van der Waals surface area contributed by atoms with Gasteiger partial charge in [-0.05, 0) is 49.7 Å². The Balaban J connectivity index is 1.74. The zero-order valence-electron chi connectivity index (χ0n) is 13.9. The average Bonchev–Trinajstić information content (AvgIpc) is 2.57. The molecule has 0 radical (unpaired) electrons. The molecule has 2 aromatic carbocycles. The molecule has 0 spiro atoms. The molecule has 2 N–H and O–H groups in total. The van der Waals surface area contributed by atoms with Crippen molar-refractivity contribution in [3.63, 3.8) is 0 Å².